The molecule has 0 saturated heterocycles. The average molecular weight is 367 g/mol. The van der Waals surface area contributed by atoms with Gasteiger partial charge in [-0.25, -0.2) is 4.39 Å². The lowest BCUT2D eigenvalue weighted by Gasteiger charge is -2.55. The third-order valence-corrected chi connectivity index (χ3v) is 7.24. The van der Waals surface area contributed by atoms with Crippen LogP contribution in [-0.4, -0.2) is 5.91 Å². The zero-order chi connectivity index (χ0) is 18.8. The minimum atomic E-state index is -0.314. The molecule has 1 aromatic carbocycles. The van der Waals surface area contributed by atoms with E-state index in [9.17, 15) is 9.18 Å². The summed E-state index contributed by atoms with van der Waals surface area (Å²) < 4.78 is 19.9. The average Bonchev–Trinajstić information content (AvgIpc) is 3.00. The van der Waals surface area contributed by atoms with Crippen LogP contribution in [0.25, 0.3) is 0 Å². The molecule has 4 aliphatic rings. The lowest BCUT2D eigenvalue weighted by Crippen LogP contribution is -2.48. The minimum Gasteiger partial charge on any atom is -0.465 e. The van der Waals surface area contributed by atoms with Crippen LogP contribution in [0, 0.1) is 37.4 Å². The van der Waals surface area contributed by atoms with Crippen molar-refractivity contribution < 1.29 is 13.6 Å². The molecule has 1 amide bonds. The summed E-state index contributed by atoms with van der Waals surface area (Å²) >= 11 is 0. The maximum absolute atomic E-state index is 13.8. The summed E-state index contributed by atoms with van der Waals surface area (Å²) in [6.45, 7) is 3.53. The molecule has 2 aromatic rings. The summed E-state index contributed by atoms with van der Waals surface area (Å²) in [6.07, 6.45) is 7.75. The molecular weight excluding hydrogens is 341 g/mol. The summed E-state index contributed by atoms with van der Waals surface area (Å²) in [5, 5.41) is 2.86. The molecule has 0 atom stereocenters. The lowest BCUT2D eigenvalue weighted by molar-refractivity contribution is -0.0154. The van der Waals surface area contributed by atoms with E-state index in [1.54, 1.807) is 19.1 Å². The second-order valence-corrected chi connectivity index (χ2v) is 9.14. The maximum Gasteiger partial charge on any atom is 0.259 e. The van der Waals surface area contributed by atoms with Crippen molar-refractivity contribution in [1.29, 1.82) is 0 Å². The van der Waals surface area contributed by atoms with Gasteiger partial charge in [-0.1, -0.05) is 6.07 Å². The first-order valence-electron chi connectivity index (χ1n) is 10.1. The van der Waals surface area contributed by atoms with E-state index >= 15 is 0 Å². The summed E-state index contributed by atoms with van der Waals surface area (Å²) in [5.74, 6) is 3.61. The van der Waals surface area contributed by atoms with Gasteiger partial charge in [-0.05, 0) is 88.3 Å². The number of anilines is 1. The number of aryl methyl sites for hydroxylation is 1. The van der Waals surface area contributed by atoms with Crippen molar-refractivity contribution in [3.63, 3.8) is 0 Å². The molecule has 0 unspecified atom stereocenters. The standard InChI is InChI=1S/C23H26FNO2/c1-13-19(24)4-3-5-20(13)25-22(26)18-9-21(27-14(18)2)23-10-15-6-16(11-23)8-17(7-15)12-23/h3-5,9,15-17H,6-8,10-12H2,1-2H3,(H,25,26). The minimum absolute atomic E-state index is 0.132. The number of furan rings is 1. The Morgan fingerprint density at radius 2 is 1.74 bits per heavy atom. The lowest BCUT2D eigenvalue weighted by atomic mass is 9.49. The molecule has 4 heteroatoms. The van der Waals surface area contributed by atoms with E-state index in [1.807, 2.05) is 13.0 Å². The number of halogens is 1. The molecule has 3 nitrogen and oxygen atoms in total. The van der Waals surface area contributed by atoms with E-state index in [1.165, 1.54) is 44.6 Å². The molecule has 1 aromatic heterocycles. The maximum atomic E-state index is 13.8. The van der Waals surface area contributed by atoms with Crippen molar-refractivity contribution in [2.75, 3.05) is 5.32 Å². The van der Waals surface area contributed by atoms with Crippen LogP contribution in [0.15, 0.2) is 28.7 Å². The molecule has 27 heavy (non-hydrogen) atoms. The van der Waals surface area contributed by atoms with Crippen LogP contribution in [0.3, 0.4) is 0 Å². The van der Waals surface area contributed by atoms with Crippen LogP contribution in [0.4, 0.5) is 10.1 Å². The van der Waals surface area contributed by atoms with E-state index in [2.05, 4.69) is 5.32 Å². The largest absolute Gasteiger partial charge is 0.465 e. The fourth-order valence-corrected chi connectivity index (χ4v) is 6.31. The van der Waals surface area contributed by atoms with E-state index in [0.29, 0.717) is 22.6 Å². The third-order valence-electron chi connectivity index (χ3n) is 7.24. The molecule has 4 saturated carbocycles. The van der Waals surface area contributed by atoms with Crippen molar-refractivity contribution in [3.8, 4) is 0 Å². The summed E-state index contributed by atoms with van der Waals surface area (Å²) in [6, 6.07) is 6.71. The van der Waals surface area contributed by atoms with E-state index in [-0.39, 0.29) is 17.1 Å². The topological polar surface area (TPSA) is 42.2 Å². The third kappa shape index (κ3) is 2.72. The zero-order valence-corrected chi connectivity index (χ0v) is 16.0. The molecule has 4 aliphatic carbocycles. The first-order valence-corrected chi connectivity index (χ1v) is 10.1. The number of nitrogens with one attached hydrogen (secondary N) is 1. The van der Waals surface area contributed by atoms with E-state index in [4.69, 9.17) is 4.42 Å². The molecule has 0 spiro atoms. The summed E-state index contributed by atoms with van der Waals surface area (Å²) in [4.78, 5) is 12.8. The van der Waals surface area contributed by atoms with E-state index in [0.717, 1.165) is 23.5 Å². The fraction of sp³-hybridized carbons (Fsp3) is 0.522. The Labute approximate surface area is 159 Å². The molecule has 1 heterocycles. The second kappa shape index (κ2) is 5.95. The molecule has 4 fully saturated rings. The van der Waals surface area contributed by atoms with Gasteiger partial charge in [-0.2, -0.15) is 0 Å². The highest BCUT2D eigenvalue weighted by Gasteiger charge is 2.53. The van der Waals surface area contributed by atoms with Crippen LogP contribution in [0.5, 0.6) is 0 Å². The summed E-state index contributed by atoms with van der Waals surface area (Å²) in [7, 11) is 0. The Balaban J connectivity index is 1.43. The number of benzene rings is 1. The molecule has 0 aliphatic heterocycles. The predicted molar refractivity (Wildman–Crippen MR) is 102 cm³/mol. The van der Waals surface area contributed by atoms with Gasteiger partial charge in [0.05, 0.1) is 5.56 Å². The van der Waals surface area contributed by atoms with Crippen molar-refractivity contribution in [2.45, 2.75) is 57.8 Å². The monoisotopic (exact) mass is 367 g/mol. The fourth-order valence-electron chi connectivity index (χ4n) is 6.31. The van der Waals surface area contributed by atoms with Crippen molar-refractivity contribution in [1.82, 2.24) is 0 Å². The van der Waals surface area contributed by atoms with Gasteiger partial charge in [-0.3, -0.25) is 4.79 Å². The number of hydrogen-bond acceptors (Lipinski definition) is 2. The van der Waals surface area contributed by atoms with Gasteiger partial charge in [0.25, 0.3) is 5.91 Å². The normalized spacial score (nSPS) is 31.3. The van der Waals surface area contributed by atoms with Gasteiger partial charge in [0.1, 0.15) is 17.3 Å². The van der Waals surface area contributed by atoms with Crippen molar-refractivity contribution in [3.05, 3.63) is 52.7 Å². The van der Waals surface area contributed by atoms with Gasteiger partial charge in [-0.15, -0.1) is 0 Å². The molecule has 0 radical (unpaired) electrons. The summed E-state index contributed by atoms with van der Waals surface area (Å²) in [5.41, 5.74) is 1.67. The highest BCUT2D eigenvalue weighted by Crippen LogP contribution is 2.61. The predicted octanol–water partition coefficient (Wildman–Crippen LogP) is 5.76. The zero-order valence-electron chi connectivity index (χ0n) is 16.0. The van der Waals surface area contributed by atoms with Gasteiger partial charge < -0.3 is 9.73 Å². The van der Waals surface area contributed by atoms with Gasteiger partial charge in [0.15, 0.2) is 0 Å². The van der Waals surface area contributed by atoms with Crippen LogP contribution in [-0.2, 0) is 5.41 Å². The van der Waals surface area contributed by atoms with Gasteiger partial charge in [0.2, 0.25) is 0 Å². The van der Waals surface area contributed by atoms with Crippen LogP contribution >= 0.6 is 0 Å². The number of rotatable bonds is 3. The second-order valence-electron chi connectivity index (χ2n) is 9.14. The SMILES string of the molecule is Cc1oc(C23CC4CC(CC(C4)C2)C3)cc1C(=O)Nc1cccc(F)c1C. The highest BCUT2D eigenvalue weighted by molar-refractivity contribution is 6.05. The first-order chi connectivity index (χ1) is 12.9. The number of hydrogen-bond donors (Lipinski definition) is 1. The number of amides is 1. The number of carbonyl (C=O) groups excluding carboxylic acids is 1. The molecule has 4 bridgehead atoms. The van der Waals surface area contributed by atoms with Crippen LogP contribution in [0.1, 0.15) is 66.0 Å². The van der Waals surface area contributed by atoms with Gasteiger partial charge >= 0.3 is 0 Å². The highest BCUT2D eigenvalue weighted by atomic mass is 19.1. The molecule has 1 N–H and O–H groups in total. The molecule has 142 valence electrons. The Kier molecular flexibility index (Phi) is 3.75. The number of carbonyl (C=O) groups is 1. The van der Waals surface area contributed by atoms with Crippen molar-refractivity contribution >= 4 is 11.6 Å². The Hall–Kier alpha value is -2.10. The van der Waals surface area contributed by atoms with Gasteiger partial charge in [0, 0.05) is 16.7 Å². The van der Waals surface area contributed by atoms with Crippen LogP contribution in [0.2, 0.25) is 0 Å². The Morgan fingerprint density at radius 1 is 1.11 bits per heavy atom. The molecular formula is C23H26FNO2. The van der Waals surface area contributed by atoms with Crippen molar-refractivity contribution in [2.24, 2.45) is 17.8 Å². The quantitative estimate of drug-likeness (QED) is 0.750. The first kappa shape index (κ1) is 17.0. The molecule has 6 rings (SSSR count). The van der Waals surface area contributed by atoms with E-state index < -0.39 is 0 Å². The Bertz CT molecular complexity index is 878. The smallest absolute Gasteiger partial charge is 0.259 e. The van der Waals surface area contributed by atoms with Crippen LogP contribution < -0.4 is 5.32 Å². The Morgan fingerprint density at radius 3 is 2.37 bits per heavy atom.